The van der Waals surface area contributed by atoms with Crippen molar-refractivity contribution in [3.63, 3.8) is 0 Å². The maximum atomic E-state index is 12.4. The third-order valence-corrected chi connectivity index (χ3v) is 5.27. The third kappa shape index (κ3) is 2.51. The van der Waals surface area contributed by atoms with Gasteiger partial charge in [0.05, 0.1) is 0 Å². The summed E-state index contributed by atoms with van der Waals surface area (Å²) in [6.07, 6.45) is 8.45. The van der Waals surface area contributed by atoms with Gasteiger partial charge in [-0.3, -0.25) is 9.59 Å². The fourth-order valence-electron chi connectivity index (χ4n) is 2.08. The Labute approximate surface area is 112 Å². The Morgan fingerprint density at radius 3 is 1.53 bits per heavy atom. The van der Waals surface area contributed by atoms with E-state index in [4.69, 9.17) is 0 Å². The first-order chi connectivity index (χ1) is 8.82. The molecule has 0 saturated carbocycles. The molecule has 2 atom stereocenters. The lowest BCUT2D eigenvalue weighted by atomic mass is 10.1. The number of carbonyl (C=O) groups is 2. The molecule has 0 bridgehead atoms. The second-order valence-corrected chi connectivity index (χ2v) is 6.92. The highest BCUT2D eigenvalue weighted by Crippen LogP contribution is 2.22. The minimum Gasteiger partial charge on any atom is -0.293 e. The van der Waals surface area contributed by atoms with Crippen LogP contribution in [0.1, 0.15) is 13.8 Å². The van der Waals surface area contributed by atoms with E-state index in [0.717, 1.165) is 0 Å². The Kier molecular flexibility index (Phi) is 3.41. The van der Waals surface area contributed by atoms with E-state index in [1.54, 1.807) is 26.0 Å². The molecule has 0 heterocycles. The van der Waals surface area contributed by atoms with Crippen LogP contribution >= 0.6 is 0 Å². The van der Waals surface area contributed by atoms with Crippen LogP contribution in [0.3, 0.4) is 0 Å². The smallest absolute Gasteiger partial charge is 0.178 e. The van der Waals surface area contributed by atoms with Crippen LogP contribution < -0.4 is 0 Å². The van der Waals surface area contributed by atoms with Crippen molar-refractivity contribution in [2.75, 3.05) is 0 Å². The predicted molar refractivity (Wildman–Crippen MR) is 72.3 cm³/mol. The van der Waals surface area contributed by atoms with Gasteiger partial charge in [-0.15, -0.1) is 0 Å². The van der Waals surface area contributed by atoms with Crippen molar-refractivity contribution < 1.29 is 18.0 Å². The summed E-state index contributed by atoms with van der Waals surface area (Å²) in [6, 6.07) is 0. The minimum atomic E-state index is -3.89. The van der Waals surface area contributed by atoms with Crippen LogP contribution in [0.5, 0.6) is 0 Å². The van der Waals surface area contributed by atoms with Crippen LogP contribution in [0.15, 0.2) is 47.6 Å². The Bertz CT molecular complexity index is 608. The van der Waals surface area contributed by atoms with E-state index in [1.165, 1.54) is 24.3 Å². The average molecular weight is 278 g/mol. The lowest BCUT2D eigenvalue weighted by Crippen LogP contribution is -2.40. The van der Waals surface area contributed by atoms with E-state index in [2.05, 4.69) is 0 Å². The predicted octanol–water partition coefficient (Wildman–Crippen LogP) is 1.31. The van der Waals surface area contributed by atoms with Crippen LogP contribution in [-0.4, -0.2) is 30.5 Å². The average Bonchev–Trinajstić information content (AvgIpc) is 2.27. The van der Waals surface area contributed by atoms with Crippen LogP contribution in [0.25, 0.3) is 0 Å². The molecule has 0 fully saturated rings. The number of rotatable bonds is 2. The van der Waals surface area contributed by atoms with Gasteiger partial charge in [0.25, 0.3) is 0 Å². The van der Waals surface area contributed by atoms with Crippen molar-refractivity contribution in [3.05, 3.63) is 47.6 Å². The molecule has 0 amide bonds. The molecule has 0 aliphatic heterocycles. The maximum absolute atomic E-state index is 12.4. The highest BCUT2D eigenvalue weighted by Gasteiger charge is 2.39. The minimum absolute atomic E-state index is 0.493. The first kappa shape index (κ1) is 13.7. The number of hydrogen-bond donors (Lipinski definition) is 0. The fourth-order valence-corrected chi connectivity index (χ4v) is 3.77. The van der Waals surface area contributed by atoms with Crippen molar-refractivity contribution >= 4 is 21.4 Å². The van der Waals surface area contributed by atoms with Gasteiger partial charge in [-0.2, -0.15) is 0 Å². The Morgan fingerprint density at radius 2 is 1.21 bits per heavy atom. The fraction of sp³-hybridized carbons (Fsp3) is 0.286. The van der Waals surface area contributed by atoms with Crippen LogP contribution in [0.2, 0.25) is 0 Å². The Balaban J connectivity index is 2.36. The maximum Gasteiger partial charge on any atom is 0.178 e. The summed E-state index contributed by atoms with van der Waals surface area (Å²) in [7, 11) is -3.89. The summed E-state index contributed by atoms with van der Waals surface area (Å²) >= 11 is 0. The summed E-state index contributed by atoms with van der Waals surface area (Å²) in [5, 5.41) is -2.52. The molecule has 2 unspecified atom stereocenters. The summed E-state index contributed by atoms with van der Waals surface area (Å²) in [4.78, 5) is 23.6. The Morgan fingerprint density at radius 1 is 0.842 bits per heavy atom. The molecule has 0 spiro atoms. The van der Waals surface area contributed by atoms with Gasteiger partial charge in [0.2, 0.25) is 0 Å². The van der Waals surface area contributed by atoms with Gasteiger partial charge in [0, 0.05) is 0 Å². The van der Waals surface area contributed by atoms with E-state index >= 15 is 0 Å². The van der Waals surface area contributed by atoms with E-state index in [0.29, 0.717) is 11.1 Å². The molecule has 0 aromatic rings. The SMILES string of the molecule is CC1=CC(=O)C(S(=O)(=O)C2C=CC(C)=CC2=O)C=C1. The highest BCUT2D eigenvalue weighted by molar-refractivity contribution is 7.94. The molecule has 2 aliphatic rings. The molecule has 19 heavy (non-hydrogen) atoms. The second-order valence-electron chi connectivity index (χ2n) is 4.73. The van der Waals surface area contributed by atoms with Gasteiger partial charge in [0.1, 0.15) is 10.5 Å². The number of hydrogen-bond acceptors (Lipinski definition) is 4. The Hall–Kier alpha value is -1.75. The topological polar surface area (TPSA) is 68.3 Å². The van der Waals surface area contributed by atoms with Crippen molar-refractivity contribution in [1.29, 1.82) is 0 Å². The number of allylic oxidation sites excluding steroid dienone is 6. The molecule has 0 aromatic heterocycles. The van der Waals surface area contributed by atoms with Crippen molar-refractivity contribution in [2.45, 2.75) is 24.3 Å². The standard InChI is InChI=1S/C14H14O4S/c1-9-3-5-13(11(15)7-9)19(17,18)14-6-4-10(2)8-12(14)16/h3-8,13-14H,1-2H3. The molecule has 0 saturated heterocycles. The van der Waals surface area contributed by atoms with Crippen molar-refractivity contribution in [2.24, 2.45) is 0 Å². The van der Waals surface area contributed by atoms with Gasteiger partial charge >= 0.3 is 0 Å². The summed E-state index contributed by atoms with van der Waals surface area (Å²) < 4.78 is 24.7. The largest absolute Gasteiger partial charge is 0.293 e. The molecule has 100 valence electrons. The molecule has 4 nitrogen and oxygen atoms in total. The first-order valence-corrected chi connectivity index (χ1v) is 7.47. The van der Waals surface area contributed by atoms with E-state index in [-0.39, 0.29) is 0 Å². The molecule has 2 aliphatic carbocycles. The molecule has 2 rings (SSSR count). The zero-order chi connectivity index (χ0) is 14.2. The van der Waals surface area contributed by atoms with Gasteiger partial charge in [-0.1, -0.05) is 24.3 Å². The normalized spacial score (nSPS) is 27.3. The van der Waals surface area contributed by atoms with Crippen molar-refractivity contribution in [3.8, 4) is 0 Å². The number of sulfone groups is 1. The van der Waals surface area contributed by atoms with E-state index < -0.39 is 31.9 Å². The molecule has 5 heteroatoms. The molecular weight excluding hydrogens is 264 g/mol. The number of ketones is 2. The van der Waals surface area contributed by atoms with Crippen LogP contribution in [0, 0.1) is 0 Å². The highest BCUT2D eigenvalue weighted by atomic mass is 32.2. The molecule has 0 N–H and O–H groups in total. The monoisotopic (exact) mass is 278 g/mol. The van der Waals surface area contributed by atoms with E-state index in [9.17, 15) is 18.0 Å². The van der Waals surface area contributed by atoms with Gasteiger partial charge in [-0.25, -0.2) is 8.42 Å². The molecular formula is C14H14O4S. The van der Waals surface area contributed by atoms with E-state index in [1.807, 2.05) is 0 Å². The number of carbonyl (C=O) groups excluding carboxylic acids is 2. The zero-order valence-corrected chi connectivity index (χ0v) is 11.5. The van der Waals surface area contributed by atoms with Gasteiger partial charge < -0.3 is 0 Å². The zero-order valence-electron chi connectivity index (χ0n) is 10.7. The summed E-state index contributed by atoms with van der Waals surface area (Å²) in [6.45, 7) is 3.43. The quantitative estimate of drug-likeness (QED) is 0.763. The van der Waals surface area contributed by atoms with Crippen LogP contribution in [0.4, 0.5) is 0 Å². The van der Waals surface area contributed by atoms with Crippen LogP contribution in [-0.2, 0) is 19.4 Å². The van der Waals surface area contributed by atoms with Crippen molar-refractivity contribution in [1.82, 2.24) is 0 Å². The molecule has 0 aromatic carbocycles. The third-order valence-electron chi connectivity index (χ3n) is 3.08. The first-order valence-electron chi connectivity index (χ1n) is 5.86. The second kappa shape index (κ2) is 4.74. The lowest BCUT2D eigenvalue weighted by Gasteiger charge is -2.20. The van der Waals surface area contributed by atoms with Gasteiger partial charge in [0.15, 0.2) is 21.4 Å². The lowest BCUT2D eigenvalue weighted by molar-refractivity contribution is -0.113. The molecule has 0 radical (unpaired) electrons. The van der Waals surface area contributed by atoms with Gasteiger partial charge in [-0.05, 0) is 37.1 Å². The summed E-state index contributed by atoms with van der Waals surface area (Å²) in [5.74, 6) is -0.986. The summed E-state index contributed by atoms with van der Waals surface area (Å²) in [5.41, 5.74) is 1.41.